The summed E-state index contributed by atoms with van der Waals surface area (Å²) >= 11 is 0. The first-order chi connectivity index (χ1) is 6.77. The molecule has 0 atom stereocenters. The molecular weight excluding hydrogens is 174 g/mol. The number of nitrogens with one attached hydrogen (secondary N) is 1. The molecule has 1 aromatic rings. The van der Waals surface area contributed by atoms with Gasteiger partial charge in [-0.15, -0.1) is 0 Å². The van der Waals surface area contributed by atoms with Crippen LogP contribution in [0.3, 0.4) is 0 Å². The molecule has 1 rings (SSSR count). The zero-order valence-corrected chi connectivity index (χ0v) is 8.75. The van der Waals surface area contributed by atoms with Gasteiger partial charge in [0.25, 0.3) is 0 Å². The average molecular weight is 191 g/mol. The fraction of sp³-hybridized carbons (Fsp3) is 0.333. The molecule has 0 amide bonds. The third-order valence-corrected chi connectivity index (χ3v) is 2.17. The average Bonchev–Trinajstić information content (AvgIpc) is 2.18. The Morgan fingerprint density at radius 2 is 2.21 bits per heavy atom. The molecule has 1 aromatic carbocycles. The highest BCUT2D eigenvalue weighted by Crippen LogP contribution is 2.12. The molecule has 2 heteroatoms. The summed E-state index contributed by atoms with van der Waals surface area (Å²) in [5.41, 5.74) is 3.31. The smallest absolute Gasteiger partial charge is 0.0684 e. The summed E-state index contributed by atoms with van der Waals surface area (Å²) in [5, 5.41) is 12.0. The van der Waals surface area contributed by atoms with Crippen molar-refractivity contribution in [2.75, 3.05) is 13.6 Å². The van der Waals surface area contributed by atoms with E-state index < -0.39 is 0 Å². The molecule has 0 aromatic heterocycles. The molecule has 0 aliphatic rings. The second kappa shape index (κ2) is 5.58. The van der Waals surface area contributed by atoms with Gasteiger partial charge in [-0.25, -0.2) is 0 Å². The number of benzene rings is 1. The van der Waals surface area contributed by atoms with Gasteiger partial charge in [0.2, 0.25) is 0 Å². The minimum atomic E-state index is 0.117. The lowest BCUT2D eigenvalue weighted by molar-refractivity contribution is 0.281. The first-order valence-electron chi connectivity index (χ1n) is 4.79. The van der Waals surface area contributed by atoms with Crippen molar-refractivity contribution in [2.24, 2.45) is 0 Å². The fourth-order valence-corrected chi connectivity index (χ4v) is 1.31. The highest BCUT2D eigenvalue weighted by Gasteiger charge is 1.95. The van der Waals surface area contributed by atoms with Crippen molar-refractivity contribution in [1.29, 1.82) is 0 Å². The van der Waals surface area contributed by atoms with Crippen molar-refractivity contribution in [3.63, 3.8) is 0 Å². The minimum absolute atomic E-state index is 0.117. The molecule has 0 heterocycles. The maximum atomic E-state index is 9.00. The molecule has 14 heavy (non-hydrogen) atoms. The van der Waals surface area contributed by atoms with E-state index in [0.717, 1.165) is 17.7 Å². The molecule has 76 valence electrons. The number of aliphatic hydroxyl groups is 1. The highest BCUT2D eigenvalue weighted by atomic mass is 16.3. The monoisotopic (exact) mass is 191 g/mol. The molecule has 0 aliphatic carbocycles. The first kappa shape index (κ1) is 11.0. The van der Waals surface area contributed by atoms with E-state index in [2.05, 4.69) is 23.5 Å². The Balaban J connectivity index is 2.76. The quantitative estimate of drug-likeness (QED) is 0.759. The lowest BCUT2D eigenvalue weighted by Gasteiger charge is -2.02. The van der Waals surface area contributed by atoms with Gasteiger partial charge in [-0.2, -0.15) is 0 Å². The molecule has 0 fully saturated rings. The second-order valence-corrected chi connectivity index (χ2v) is 3.30. The van der Waals surface area contributed by atoms with Crippen molar-refractivity contribution < 1.29 is 5.11 Å². The van der Waals surface area contributed by atoms with Crippen molar-refractivity contribution in [3.05, 3.63) is 41.0 Å². The Morgan fingerprint density at radius 1 is 1.43 bits per heavy atom. The predicted octanol–water partition coefficient (Wildman–Crippen LogP) is 1.72. The number of likely N-dealkylation sites (N-methyl/N-ethyl adjacent to an activating group) is 1. The molecule has 2 nitrogen and oxygen atoms in total. The van der Waals surface area contributed by atoms with Crippen molar-refractivity contribution in [1.82, 2.24) is 5.32 Å². The van der Waals surface area contributed by atoms with Crippen LogP contribution in [0.2, 0.25) is 0 Å². The summed E-state index contributed by atoms with van der Waals surface area (Å²) in [5.74, 6) is 0. The van der Waals surface area contributed by atoms with E-state index in [1.165, 1.54) is 5.56 Å². The lowest BCUT2D eigenvalue weighted by atomic mass is 10.1. The Morgan fingerprint density at radius 3 is 2.79 bits per heavy atom. The Bertz CT molecular complexity index is 318. The number of hydrogen-bond donors (Lipinski definition) is 2. The zero-order chi connectivity index (χ0) is 10.4. The van der Waals surface area contributed by atoms with E-state index in [9.17, 15) is 0 Å². The van der Waals surface area contributed by atoms with Crippen LogP contribution in [-0.4, -0.2) is 18.7 Å². The summed E-state index contributed by atoms with van der Waals surface area (Å²) in [6, 6.07) is 6.07. The van der Waals surface area contributed by atoms with E-state index in [0.29, 0.717) is 0 Å². The summed E-state index contributed by atoms with van der Waals surface area (Å²) in [6.45, 7) is 3.01. The highest BCUT2D eigenvalue weighted by molar-refractivity contribution is 5.51. The van der Waals surface area contributed by atoms with Crippen LogP contribution >= 0.6 is 0 Å². The standard InChI is InChI=1S/C12H17NO/c1-10-8-11(4-3-7-13-2)5-6-12(10)9-14/h3-6,8,13-14H,7,9H2,1-2H3. The van der Waals surface area contributed by atoms with E-state index in [1.54, 1.807) is 0 Å². The van der Waals surface area contributed by atoms with E-state index in [4.69, 9.17) is 5.11 Å². The predicted molar refractivity (Wildman–Crippen MR) is 60.1 cm³/mol. The van der Waals surface area contributed by atoms with Gasteiger partial charge in [0.1, 0.15) is 0 Å². The van der Waals surface area contributed by atoms with Gasteiger partial charge in [-0.1, -0.05) is 30.4 Å². The fourth-order valence-electron chi connectivity index (χ4n) is 1.31. The second-order valence-electron chi connectivity index (χ2n) is 3.30. The maximum Gasteiger partial charge on any atom is 0.0684 e. The first-order valence-corrected chi connectivity index (χ1v) is 4.79. The molecule has 0 spiro atoms. The minimum Gasteiger partial charge on any atom is -0.392 e. The van der Waals surface area contributed by atoms with Crippen LogP contribution in [0.5, 0.6) is 0 Å². The number of aliphatic hydroxyl groups excluding tert-OH is 1. The third kappa shape index (κ3) is 2.98. The molecule has 0 saturated heterocycles. The van der Waals surface area contributed by atoms with E-state index in [1.807, 2.05) is 26.1 Å². The van der Waals surface area contributed by atoms with Crippen LogP contribution in [-0.2, 0) is 6.61 Å². The van der Waals surface area contributed by atoms with Gasteiger partial charge < -0.3 is 10.4 Å². The van der Waals surface area contributed by atoms with Crippen molar-refractivity contribution in [3.8, 4) is 0 Å². The molecular formula is C12H17NO. The zero-order valence-electron chi connectivity index (χ0n) is 8.75. The van der Waals surface area contributed by atoms with Gasteiger partial charge in [0.05, 0.1) is 6.61 Å². The molecule has 0 aliphatic heterocycles. The molecule has 0 radical (unpaired) electrons. The summed E-state index contributed by atoms with van der Waals surface area (Å²) in [7, 11) is 1.92. The van der Waals surface area contributed by atoms with Gasteiger partial charge in [-0.3, -0.25) is 0 Å². The van der Waals surface area contributed by atoms with E-state index in [-0.39, 0.29) is 6.61 Å². The van der Waals surface area contributed by atoms with Crippen LogP contribution in [0.4, 0.5) is 0 Å². The van der Waals surface area contributed by atoms with Crippen molar-refractivity contribution >= 4 is 6.08 Å². The van der Waals surface area contributed by atoms with Crippen LogP contribution in [0, 0.1) is 6.92 Å². The van der Waals surface area contributed by atoms with Crippen LogP contribution in [0.25, 0.3) is 6.08 Å². The van der Waals surface area contributed by atoms with Gasteiger partial charge in [-0.05, 0) is 30.7 Å². The molecule has 2 N–H and O–H groups in total. The Labute approximate surface area is 85.3 Å². The Kier molecular flexibility index (Phi) is 4.36. The Hall–Kier alpha value is -1.12. The lowest BCUT2D eigenvalue weighted by Crippen LogP contribution is -2.03. The van der Waals surface area contributed by atoms with Gasteiger partial charge >= 0.3 is 0 Å². The summed E-state index contributed by atoms with van der Waals surface area (Å²) in [4.78, 5) is 0. The number of hydrogen-bond acceptors (Lipinski definition) is 2. The molecule has 0 saturated carbocycles. The van der Waals surface area contributed by atoms with Crippen LogP contribution < -0.4 is 5.32 Å². The summed E-state index contributed by atoms with van der Waals surface area (Å²) < 4.78 is 0. The van der Waals surface area contributed by atoms with Crippen LogP contribution in [0.1, 0.15) is 16.7 Å². The summed E-state index contributed by atoms with van der Waals surface area (Å²) in [6.07, 6.45) is 4.15. The maximum absolute atomic E-state index is 9.00. The third-order valence-electron chi connectivity index (χ3n) is 2.17. The van der Waals surface area contributed by atoms with Crippen LogP contribution in [0.15, 0.2) is 24.3 Å². The van der Waals surface area contributed by atoms with Gasteiger partial charge in [0, 0.05) is 6.54 Å². The molecule has 0 unspecified atom stereocenters. The molecule has 0 bridgehead atoms. The topological polar surface area (TPSA) is 32.3 Å². The number of rotatable bonds is 4. The number of aryl methyl sites for hydroxylation is 1. The van der Waals surface area contributed by atoms with Crippen molar-refractivity contribution in [2.45, 2.75) is 13.5 Å². The van der Waals surface area contributed by atoms with Gasteiger partial charge in [0.15, 0.2) is 0 Å². The normalized spacial score (nSPS) is 11.1. The largest absolute Gasteiger partial charge is 0.392 e. The van der Waals surface area contributed by atoms with E-state index >= 15 is 0 Å². The SMILES string of the molecule is CNCC=Cc1ccc(CO)c(C)c1.